The van der Waals surface area contributed by atoms with E-state index >= 15 is 0 Å². The molecule has 1 aliphatic rings. The van der Waals surface area contributed by atoms with E-state index in [1.54, 1.807) is 29.2 Å². The summed E-state index contributed by atoms with van der Waals surface area (Å²) < 4.78 is 4.52. The first kappa shape index (κ1) is 27.4. The molecule has 0 unspecified atom stereocenters. The average Bonchev–Trinajstić information content (AvgIpc) is 2.68. The molecule has 0 aliphatic carbocycles. The van der Waals surface area contributed by atoms with Gasteiger partial charge in [0.1, 0.15) is 0 Å². The Morgan fingerprint density at radius 3 is 2.43 bits per heavy atom. The number of methoxy groups -OCH3 is 1. The van der Waals surface area contributed by atoms with Crippen LogP contribution in [0.15, 0.2) is 24.3 Å². The van der Waals surface area contributed by atoms with Crippen LogP contribution in [0.3, 0.4) is 0 Å². The minimum Gasteiger partial charge on any atom is -0.469 e. The highest BCUT2D eigenvalue weighted by atomic mass is 35.5. The summed E-state index contributed by atoms with van der Waals surface area (Å²) in [5.74, 6) is -0.865. The van der Waals surface area contributed by atoms with Crippen molar-refractivity contribution < 1.29 is 19.1 Å². The van der Waals surface area contributed by atoms with Gasteiger partial charge in [0.05, 0.1) is 20.1 Å². The zero-order valence-electron chi connectivity index (χ0n) is 16.7. The quantitative estimate of drug-likeness (QED) is 0.259. The number of ether oxygens (including phenoxy) is 1. The number of rotatable bonds is 7. The molecule has 10 nitrogen and oxygen atoms in total. The van der Waals surface area contributed by atoms with E-state index in [1.807, 2.05) is 4.90 Å². The highest BCUT2D eigenvalue weighted by molar-refractivity contribution is 5.97. The second kappa shape index (κ2) is 13.6. The van der Waals surface area contributed by atoms with Crippen LogP contribution in [0.2, 0.25) is 0 Å². The highest BCUT2D eigenvalue weighted by Crippen LogP contribution is 2.11. The number of carbonyl (C=O) groups is 3. The van der Waals surface area contributed by atoms with Gasteiger partial charge >= 0.3 is 5.97 Å². The van der Waals surface area contributed by atoms with Crippen LogP contribution in [0.4, 0.5) is 5.69 Å². The van der Waals surface area contributed by atoms with Crippen LogP contribution in [0.25, 0.3) is 0 Å². The third-order valence-electron chi connectivity index (χ3n) is 4.33. The summed E-state index contributed by atoms with van der Waals surface area (Å²) in [5.41, 5.74) is 6.37. The Morgan fingerprint density at radius 2 is 1.83 bits per heavy atom. The number of anilines is 1. The highest BCUT2D eigenvalue weighted by Gasteiger charge is 2.19. The van der Waals surface area contributed by atoms with Crippen molar-refractivity contribution in [3.63, 3.8) is 0 Å². The van der Waals surface area contributed by atoms with E-state index in [0.717, 1.165) is 0 Å². The summed E-state index contributed by atoms with van der Waals surface area (Å²) in [6.07, 6.45) is 0.0928. The first-order valence-corrected chi connectivity index (χ1v) is 8.95. The van der Waals surface area contributed by atoms with Crippen molar-refractivity contribution in [2.24, 2.45) is 5.73 Å². The second-order valence-electron chi connectivity index (χ2n) is 6.36. The molecule has 1 aliphatic heterocycles. The van der Waals surface area contributed by atoms with Gasteiger partial charge in [0.2, 0.25) is 5.91 Å². The third-order valence-corrected chi connectivity index (χ3v) is 4.33. The van der Waals surface area contributed by atoms with Crippen molar-refractivity contribution in [2.45, 2.75) is 6.42 Å². The molecule has 168 valence electrons. The molecule has 1 heterocycles. The predicted molar refractivity (Wildman–Crippen MR) is 118 cm³/mol. The number of guanidine groups is 1. The van der Waals surface area contributed by atoms with Crippen LogP contribution in [-0.4, -0.2) is 79.9 Å². The smallest absolute Gasteiger partial charge is 0.307 e. The number of halogens is 2. The van der Waals surface area contributed by atoms with Crippen molar-refractivity contribution >= 4 is 54.2 Å². The molecule has 2 rings (SSSR count). The normalized spacial score (nSPS) is 13.3. The van der Waals surface area contributed by atoms with Gasteiger partial charge in [0.15, 0.2) is 5.96 Å². The van der Waals surface area contributed by atoms with Gasteiger partial charge in [-0.1, -0.05) is 6.07 Å². The molecule has 0 radical (unpaired) electrons. The molecule has 1 aromatic rings. The molecule has 1 aromatic carbocycles. The molecule has 12 heteroatoms. The lowest BCUT2D eigenvalue weighted by molar-refractivity contribution is -0.140. The number of carbonyl (C=O) groups excluding carboxylic acids is 3. The van der Waals surface area contributed by atoms with Crippen LogP contribution in [0, 0.1) is 5.41 Å². The molecular weight excluding hydrogens is 435 g/mol. The minimum absolute atomic E-state index is 0. The van der Waals surface area contributed by atoms with E-state index < -0.39 is 5.97 Å². The number of hydrogen-bond acceptors (Lipinski definition) is 6. The van der Waals surface area contributed by atoms with Gasteiger partial charge in [-0.3, -0.25) is 24.7 Å². The Kier molecular flexibility index (Phi) is 12.5. The van der Waals surface area contributed by atoms with E-state index in [1.165, 1.54) is 7.11 Å². The molecule has 0 atom stereocenters. The largest absolute Gasteiger partial charge is 0.469 e. The monoisotopic (exact) mass is 462 g/mol. The predicted octanol–water partition coefficient (Wildman–Crippen LogP) is 0.273. The summed E-state index contributed by atoms with van der Waals surface area (Å²) >= 11 is 0. The first-order valence-electron chi connectivity index (χ1n) is 8.95. The van der Waals surface area contributed by atoms with Gasteiger partial charge in [-0.05, 0) is 18.2 Å². The zero-order valence-corrected chi connectivity index (χ0v) is 18.3. The lowest BCUT2D eigenvalue weighted by Gasteiger charge is -2.34. The Balaban J connectivity index is 0.00000420. The molecular formula is C18H28Cl2N6O4. The number of nitrogens with two attached hydrogens (primary N) is 1. The zero-order chi connectivity index (χ0) is 20.5. The van der Waals surface area contributed by atoms with Crippen molar-refractivity contribution in [3.8, 4) is 0 Å². The molecule has 2 amide bonds. The van der Waals surface area contributed by atoms with Gasteiger partial charge in [-0.25, -0.2) is 0 Å². The van der Waals surface area contributed by atoms with Crippen LogP contribution in [-0.2, 0) is 14.3 Å². The van der Waals surface area contributed by atoms with Crippen LogP contribution in [0.1, 0.15) is 16.8 Å². The topological polar surface area (TPSA) is 141 Å². The maximum Gasteiger partial charge on any atom is 0.307 e. The van der Waals surface area contributed by atoms with Crippen LogP contribution < -0.4 is 16.4 Å². The Bertz CT molecular complexity index is 741. The Morgan fingerprint density at radius 1 is 1.17 bits per heavy atom. The molecule has 1 saturated heterocycles. The van der Waals surface area contributed by atoms with Gasteiger partial charge in [-0.2, -0.15) is 0 Å². The Hall–Kier alpha value is -2.56. The third kappa shape index (κ3) is 8.85. The lowest BCUT2D eigenvalue weighted by Crippen LogP contribution is -2.52. The number of nitrogens with one attached hydrogen (secondary N) is 3. The number of nitrogens with zero attached hydrogens (tertiary/aromatic N) is 2. The Labute approximate surface area is 187 Å². The summed E-state index contributed by atoms with van der Waals surface area (Å²) in [6, 6.07) is 6.59. The molecule has 30 heavy (non-hydrogen) atoms. The van der Waals surface area contributed by atoms with Crippen molar-refractivity contribution in [1.29, 1.82) is 5.41 Å². The first-order chi connectivity index (χ1) is 13.4. The van der Waals surface area contributed by atoms with E-state index in [4.69, 9.17) is 11.1 Å². The van der Waals surface area contributed by atoms with Crippen LogP contribution in [0.5, 0.6) is 0 Å². The minimum atomic E-state index is -0.398. The number of piperazine rings is 1. The molecule has 5 N–H and O–H groups in total. The molecule has 0 aromatic heterocycles. The van der Waals surface area contributed by atoms with Crippen LogP contribution >= 0.6 is 24.8 Å². The van der Waals surface area contributed by atoms with E-state index in [-0.39, 0.29) is 62.1 Å². The summed E-state index contributed by atoms with van der Waals surface area (Å²) in [5, 5.41) is 12.8. The fraction of sp³-hybridized carbons (Fsp3) is 0.444. The van der Waals surface area contributed by atoms with E-state index in [2.05, 4.69) is 15.4 Å². The maximum atomic E-state index is 12.3. The molecule has 0 saturated carbocycles. The summed E-state index contributed by atoms with van der Waals surface area (Å²) in [6.45, 7) is 2.93. The van der Waals surface area contributed by atoms with E-state index in [9.17, 15) is 14.4 Å². The number of esters is 1. The SMILES string of the molecule is COC(=O)CCNC(=O)c1cccc(NC(=O)CN2CCN(C(=N)N)CC2)c1.Cl.Cl. The summed E-state index contributed by atoms with van der Waals surface area (Å²) in [7, 11) is 1.29. The number of amides is 2. The van der Waals surface area contributed by atoms with Crippen molar-refractivity contribution in [2.75, 3.05) is 51.7 Å². The van der Waals surface area contributed by atoms with Gasteiger partial charge in [0.25, 0.3) is 5.91 Å². The number of benzene rings is 1. The lowest BCUT2D eigenvalue weighted by atomic mass is 10.2. The fourth-order valence-electron chi connectivity index (χ4n) is 2.77. The van der Waals surface area contributed by atoms with E-state index in [0.29, 0.717) is 37.4 Å². The number of hydrogen-bond donors (Lipinski definition) is 4. The molecule has 0 spiro atoms. The fourth-order valence-corrected chi connectivity index (χ4v) is 2.77. The molecule has 1 fully saturated rings. The standard InChI is InChI=1S/C18H26N6O4.2ClH/c1-28-16(26)5-6-21-17(27)13-3-2-4-14(11-13)22-15(25)12-23-7-9-24(10-8-23)18(19)20;;/h2-4,11H,5-10,12H2,1H3,(H3,19,20)(H,21,27)(H,22,25);2*1H. The van der Waals surface area contributed by atoms with Gasteiger partial charge in [-0.15, -0.1) is 24.8 Å². The van der Waals surface area contributed by atoms with Gasteiger partial charge in [0, 0.05) is 44.0 Å². The van der Waals surface area contributed by atoms with Crippen molar-refractivity contribution in [3.05, 3.63) is 29.8 Å². The summed E-state index contributed by atoms with van der Waals surface area (Å²) in [4.78, 5) is 39.2. The van der Waals surface area contributed by atoms with Crippen molar-refractivity contribution in [1.82, 2.24) is 15.1 Å². The second-order valence-corrected chi connectivity index (χ2v) is 6.36. The molecule has 0 bridgehead atoms. The average molecular weight is 463 g/mol. The van der Waals surface area contributed by atoms with Gasteiger partial charge < -0.3 is 26.0 Å². The maximum absolute atomic E-state index is 12.3.